The second kappa shape index (κ2) is 5.91. The summed E-state index contributed by atoms with van der Waals surface area (Å²) in [6, 6.07) is 4.16. The van der Waals surface area contributed by atoms with Crippen LogP contribution >= 0.6 is 15.9 Å². The van der Waals surface area contributed by atoms with Crippen molar-refractivity contribution < 1.29 is 19.1 Å². The fourth-order valence-electron chi connectivity index (χ4n) is 2.43. The van der Waals surface area contributed by atoms with E-state index in [1.807, 2.05) is 0 Å². The highest BCUT2D eigenvalue weighted by atomic mass is 79.9. The Morgan fingerprint density at radius 3 is 2.65 bits per heavy atom. The Hall–Kier alpha value is -1.43. The molecule has 0 aliphatic heterocycles. The van der Waals surface area contributed by atoms with E-state index in [0.29, 0.717) is 22.9 Å². The summed E-state index contributed by atoms with van der Waals surface area (Å²) < 4.78 is 13.8. The smallest absolute Gasteiger partial charge is 0.305 e. The molecule has 0 saturated heterocycles. The molecule has 0 bridgehead atoms. The highest BCUT2D eigenvalue weighted by molar-refractivity contribution is 9.10. The van der Waals surface area contributed by atoms with Gasteiger partial charge in [-0.15, -0.1) is 0 Å². The molecule has 108 valence electrons. The van der Waals surface area contributed by atoms with Crippen LogP contribution in [0.3, 0.4) is 0 Å². The van der Waals surface area contributed by atoms with Crippen LogP contribution in [-0.2, 0) is 16.0 Å². The number of carboxylic acids is 1. The maximum absolute atomic E-state index is 13.2. The van der Waals surface area contributed by atoms with Gasteiger partial charge in [0.05, 0.1) is 18.4 Å². The molecule has 0 spiro atoms. The summed E-state index contributed by atoms with van der Waals surface area (Å²) in [5.41, 5.74) is -0.0739. The fourth-order valence-corrected chi connectivity index (χ4v) is 2.82. The second-order valence-electron chi connectivity index (χ2n) is 5.17. The number of hydrogen-bond donors (Lipinski definition) is 2. The Labute approximate surface area is 124 Å². The maximum atomic E-state index is 13.2. The van der Waals surface area contributed by atoms with Crippen molar-refractivity contribution in [2.24, 2.45) is 0 Å². The molecule has 1 aromatic rings. The van der Waals surface area contributed by atoms with Gasteiger partial charge in [0.1, 0.15) is 5.82 Å². The number of carbonyl (C=O) groups is 2. The minimum atomic E-state index is -0.920. The molecular weight excluding hydrogens is 329 g/mol. The van der Waals surface area contributed by atoms with E-state index in [1.54, 1.807) is 6.07 Å². The van der Waals surface area contributed by atoms with Gasteiger partial charge in [-0.1, -0.05) is 15.9 Å². The molecule has 1 aliphatic rings. The van der Waals surface area contributed by atoms with Crippen LogP contribution < -0.4 is 5.32 Å². The number of aliphatic carboxylic acids is 1. The van der Waals surface area contributed by atoms with Crippen molar-refractivity contribution in [3.8, 4) is 0 Å². The molecule has 0 aromatic heterocycles. The van der Waals surface area contributed by atoms with Crippen molar-refractivity contribution in [1.29, 1.82) is 0 Å². The molecule has 1 aromatic carbocycles. The third-order valence-electron chi connectivity index (χ3n) is 3.56. The predicted octanol–water partition coefficient (Wildman–Crippen LogP) is 2.64. The van der Waals surface area contributed by atoms with Gasteiger partial charge >= 0.3 is 5.97 Å². The van der Waals surface area contributed by atoms with Crippen LogP contribution in [-0.4, -0.2) is 22.5 Å². The molecule has 0 radical (unpaired) electrons. The molecule has 1 aliphatic carbocycles. The van der Waals surface area contributed by atoms with Crippen LogP contribution in [0.2, 0.25) is 0 Å². The molecule has 2 rings (SSSR count). The van der Waals surface area contributed by atoms with E-state index in [-0.39, 0.29) is 18.7 Å². The van der Waals surface area contributed by atoms with Gasteiger partial charge in [-0.3, -0.25) is 9.59 Å². The van der Waals surface area contributed by atoms with Gasteiger partial charge in [-0.2, -0.15) is 0 Å². The number of benzene rings is 1. The summed E-state index contributed by atoms with van der Waals surface area (Å²) >= 11 is 3.27. The van der Waals surface area contributed by atoms with E-state index >= 15 is 0 Å². The topological polar surface area (TPSA) is 66.4 Å². The third kappa shape index (κ3) is 3.56. The molecule has 2 N–H and O–H groups in total. The molecule has 1 amide bonds. The molecule has 4 nitrogen and oxygen atoms in total. The second-order valence-corrected chi connectivity index (χ2v) is 6.02. The molecule has 1 saturated carbocycles. The van der Waals surface area contributed by atoms with Crippen LogP contribution in [0, 0.1) is 5.82 Å². The lowest BCUT2D eigenvalue weighted by Gasteiger charge is -2.41. The van der Waals surface area contributed by atoms with Crippen molar-refractivity contribution >= 4 is 27.8 Å². The number of hydrogen-bond acceptors (Lipinski definition) is 2. The normalized spacial score (nSPS) is 16.3. The van der Waals surface area contributed by atoms with Crippen LogP contribution in [0.1, 0.15) is 31.2 Å². The van der Waals surface area contributed by atoms with E-state index < -0.39 is 17.3 Å². The lowest BCUT2D eigenvalue weighted by Crippen LogP contribution is -2.55. The molecule has 0 heterocycles. The summed E-state index contributed by atoms with van der Waals surface area (Å²) in [6.07, 6.45) is 2.23. The van der Waals surface area contributed by atoms with Gasteiger partial charge in [0.2, 0.25) is 5.91 Å². The third-order valence-corrected chi connectivity index (χ3v) is 4.34. The van der Waals surface area contributed by atoms with E-state index in [2.05, 4.69) is 21.2 Å². The quantitative estimate of drug-likeness (QED) is 0.863. The van der Waals surface area contributed by atoms with E-state index in [0.717, 1.165) is 6.42 Å². The number of carboxylic acid groups (broad SMARTS) is 1. The lowest BCUT2D eigenvalue weighted by atomic mass is 9.74. The molecule has 0 unspecified atom stereocenters. The van der Waals surface area contributed by atoms with Gasteiger partial charge < -0.3 is 10.4 Å². The monoisotopic (exact) mass is 343 g/mol. The van der Waals surface area contributed by atoms with Crippen molar-refractivity contribution in [3.05, 3.63) is 34.1 Å². The molecular formula is C14H15BrFNO3. The van der Waals surface area contributed by atoms with Crippen LogP contribution in [0.25, 0.3) is 0 Å². The van der Waals surface area contributed by atoms with Crippen LogP contribution in [0.4, 0.5) is 4.39 Å². The molecule has 0 atom stereocenters. The number of halogens is 2. The maximum Gasteiger partial charge on any atom is 0.305 e. The van der Waals surface area contributed by atoms with Gasteiger partial charge in [-0.25, -0.2) is 4.39 Å². The van der Waals surface area contributed by atoms with E-state index in [1.165, 1.54) is 12.1 Å². The summed E-state index contributed by atoms with van der Waals surface area (Å²) in [6.45, 7) is 0. The summed E-state index contributed by atoms with van der Waals surface area (Å²) in [5, 5.41) is 11.7. The van der Waals surface area contributed by atoms with Crippen molar-refractivity contribution in [1.82, 2.24) is 5.32 Å². The van der Waals surface area contributed by atoms with Gasteiger partial charge in [0.25, 0.3) is 0 Å². The van der Waals surface area contributed by atoms with E-state index in [9.17, 15) is 14.0 Å². The first kappa shape index (κ1) is 15.0. The van der Waals surface area contributed by atoms with Crippen molar-refractivity contribution in [2.75, 3.05) is 0 Å². The minimum Gasteiger partial charge on any atom is -0.481 e. The number of amides is 1. The van der Waals surface area contributed by atoms with Gasteiger partial charge in [0.15, 0.2) is 0 Å². The van der Waals surface area contributed by atoms with Crippen LogP contribution in [0.5, 0.6) is 0 Å². The summed E-state index contributed by atoms with van der Waals surface area (Å²) in [4.78, 5) is 22.9. The first-order chi connectivity index (χ1) is 9.40. The average molecular weight is 344 g/mol. The summed E-state index contributed by atoms with van der Waals surface area (Å²) in [7, 11) is 0. The molecule has 20 heavy (non-hydrogen) atoms. The first-order valence-corrected chi connectivity index (χ1v) is 7.16. The van der Waals surface area contributed by atoms with Crippen molar-refractivity contribution in [3.63, 3.8) is 0 Å². The highest BCUT2D eigenvalue weighted by Gasteiger charge is 2.40. The first-order valence-electron chi connectivity index (χ1n) is 6.37. The zero-order valence-electron chi connectivity index (χ0n) is 10.8. The average Bonchev–Trinajstić information content (AvgIpc) is 2.30. The minimum absolute atomic E-state index is 0.0275. The van der Waals surface area contributed by atoms with Gasteiger partial charge in [-0.05, 0) is 43.0 Å². The Balaban J connectivity index is 2.01. The molecule has 1 fully saturated rings. The number of nitrogens with one attached hydrogen (secondary N) is 1. The zero-order chi connectivity index (χ0) is 14.8. The van der Waals surface area contributed by atoms with Crippen LogP contribution in [0.15, 0.2) is 22.7 Å². The SMILES string of the molecule is O=C(O)CC1(NC(=O)Cc2cc(F)ccc2Br)CCC1. The lowest BCUT2D eigenvalue weighted by molar-refractivity contribution is -0.140. The Morgan fingerprint density at radius 1 is 1.40 bits per heavy atom. The molecule has 6 heteroatoms. The Bertz CT molecular complexity index is 543. The number of carbonyl (C=O) groups excluding carboxylic acids is 1. The zero-order valence-corrected chi connectivity index (χ0v) is 12.4. The fraction of sp³-hybridized carbons (Fsp3) is 0.429. The summed E-state index contributed by atoms with van der Waals surface area (Å²) in [5.74, 6) is -1.60. The number of rotatable bonds is 5. The Morgan fingerprint density at radius 2 is 2.10 bits per heavy atom. The predicted molar refractivity (Wildman–Crippen MR) is 74.8 cm³/mol. The highest BCUT2D eigenvalue weighted by Crippen LogP contribution is 2.35. The van der Waals surface area contributed by atoms with Crippen molar-refractivity contribution in [2.45, 2.75) is 37.6 Å². The largest absolute Gasteiger partial charge is 0.481 e. The standard InChI is InChI=1S/C14H15BrFNO3/c15-11-3-2-10(16)6-9(11)7-12(18)17-14(4-1-5-14)8-13(19)20/h2-3,6H,1,4-5,7-8H2,(H,17,18)(H,19,20). The van der Waals surface area contributed by atoms with Gasteiger partial charge in [0, 0.05) is 4.47 Å². The Kier molecular flexibility index (Phi) is 4.42. The van der Waals surface area contributed by atoms with E-state index in [4.69, 9.17) is 5.11 Å².